The van der Waals surface area contributed by atoms with E-state index in [9.17, 15) is 21.2 Å². The van der Waals surface area contributed by atoms with Gasteiger partial charge in [-0.25, -0.2) is 25.9 Å². The van der Waals surface area contributed by atoms with Crippen LogP contribution in [-0.4, -0.2) is 46.7 Å². The summed E-state index contributed by atoms with van der Waals surface area (Å²) in [6.07, 6.45) is 2.04. The lowest BCUT2D eigenvalue weighted by atomic mass is 10.2. The molecule has 0 amide bonds. The molecule has 0 radical (unpaired) electrons. The molecule has 0 saturated heterocycles. The second-order valence-electron chi connectivity index (χ2n) is 4.39. The molecule has 0 saturated carbocycles. The van der Waals surface area contributed by atoms with Crippen molar-refractivity contribution in [2.75, 3.05) is 25.6 Å². The number of halogens is 1. The first-order valence-electron chi connectivity index (χ1n) is 5.72. The number of benzene rings is 1. The molecule has 0 heterocycles. The van der Waals surface area contributed by atoms with Gasteiger partial charge in [0, 0.05) is 19.6 Å². The van der Waals surface area contributed by atoms with Crippen molar-refractivity contribution >= 4 is 20.0 Å². The summed E-state index contributed by atoms with van der Waals surface area (Å²) < 4.78 is 61.3. The lowest BCUT2D eigenvalue weighted by molar-refractivity contribution is 0.412. The van der Waals surface area contributed by atoms with Gasteiger partial charge in [-0.15, -0.1) is 0 Å². The number of hydrogen-bond donors (Lipinski definition) is 1. The molecule has 1 rings (SSSR count). The molecule has 9 heteroatoms. The quantitative estimate of drug-likeness (QED) is 0.773. The molecule has 0 spiro atoms. The summed E-state index contributed by atoms with van der Waals surface area (Å²) in [5, 5.41) is 0. The predicted octanol–water partition coefficient (Wildman–Crippen LogP) is 0.136. The van der Waals surface area contributed by atoms with Crippen molar-refractivity contribution in [2.45, 2.75) is 6.54 Å². The second kappa shape index (κ2) is 6.61. The molecule has 0 fully saturated rings. The lowest BCUT2D eigenvalue weighted by Gasteiger charge is -2.20. The molecule has 0 aliphatic rings. The van der Waals surface area contributed by atoms with Crippen molar-refractivity contribution in [1.82, 2.24) is 9.03 Å². The van der Waals surface area contributed by atoms with E-state index in [4.69, 9.17) is 0 Å². The average Bonchev–Trinajstić information content (AvgIpc) is 2.27. The van der Waals surface area contributed by atoms with Gasteiger partial charge in [0.15, 0.2) is 0 Å². The maximum atomic E-state index is 12.8. The molecule has 1 aromatic rings. The first-order chi connectivity index (χ1) is 9.08. The summed E-state index contributed by atoms with van der Waals surface area (Å²) in [4.78, 5) is 0. The zero-order valence-electron chi connectivity index (χ0n) is 11.2. The zero-order chi connectivity index (χ0) is 15.4. The first kappa shape index (κ1) is 17.0. The van der Waals surface area contributed by atoms with E-state index >= 15 is 0 Å². The first-order valence-corrected chi connectivity index (χ1v) is 9.46. The Hall–Kier alpha value is -1.03. The third kappa shape index (κ3) is 6.42. The second-order valence-corrected chi connectivity index (χ2v) is 8.20. The van der Waals surface area contributed by atoms with E-state index in [1.807, 2.05) is 0 Å². The Bertz CT molecular complexity index is 642. The Morgan fingerprint density at radius 2 is 1.65 bits per heavy atom. The van der Waals surface area contributed by atoms with Crippen molar-refractivity contribution in [3.8, 4) is 0 Å². The maximum Gasteiger partial charge on any atom is 0.211 e. The standard InChI is InChI=1S/C11H17FN2O4S2/c1-19(15,16)13-7-8-14(20(2,17)18)9-10-3-5-11(12)6-4-10/h3-6,13H,7-9H2,1-2H3. The van der Waals surface area contributed by atoms with E-state index in [1.165, 1.54) is 24.3 Å². The van der Waals surface area contributed by atoms with Gasteiger partial charge in [0.1, 0.15) is 5.82 Å². The van der Waals surface area contributed by atoms with Crippen molar-refractivity contribution in [3.05, 3.63) is 35.6 Å². The molecule has 20 heavy (non-hydrogen) atoms. The molecule has 1 aromatic carbocycles. The minimum absolute atomic E-state index is 0.00325. The topological polar surface area (TPSA) is 83.6 Å². The van der Waals surface area contributed by atoms with Gasteiger partial charge in [0.2, 0.25) is 20.0 Å². The van der Waals surface area contributed by atoms with Crippen LogP contribution in [0.3, 0.4) is 0 Å². The van der Waals surface area contributed by atoms with Crippen LogP contribution >= 0.6 is 0 Å². The van der Waals surface area contributed by atoms with Crippen molar-refractivity contribution < 1.29 is 21.2 Å². The Kier molecular flexibility index (Phi) is 5.63. The summed E-state index contributed by atoms with van der Waals surface area (Å²) in [6.45, 7) is 0.0426. The largest absolute Gasteiger partial charge is 0.214 e. The summed E-state index contributed by atoms with van der Waals surface area (Å²) in [5.41, 5.74) is 0.621. The Labute approximate surface area is 118 Å². The van der Waals surface area contributed by atoms with Crippen LogP contribution in [0.15, 0.2) is 24.3 Å². The van der Waals surface area contributed by atoms with Gasteiger partial charge < -0.3 is 0 Å². The maximum absolute atomic E-state index is 12.8. The fourth-order valence-corrected chi connectivity index (χ4v) is 2.78. The van der Waals surface area contributed by atoms with E-state index in [2.05, 4.69) is 4.72 Å². The molecular formula is C11H17FN2O4S2. The molecule has 0 unspecified atom stereocenters. The van der Waals surface area contributed by atoms with Crippen LogP contribution in [0.25, 0.3) is 0 Å². The van der Waals surface area contributed by atoms with Crippen molar-refractivity contribution in [2.24, 2.45) is 0 Å². The van der Waals surface area contributed by atoms with Gasteiger partial charge in [0.25, 0.3) is 0 Å². The summed E-state index contributed by atoms with van der Waals surface area (Å²) >= 11 is 0. The van der Waals surface area contributed by atoms with Crippen LogP contribution in [0, 0.1) is 5.82 Å². The smallest absolute Gasteiger partial charge is 0.211 e. The van der Waals surface area contributed by atoms with E-state index in [-0.39, 0.29) is 19.6 Å². The molecule has 0 aliphatic carbocycles. The zero-order valence-corrected chi connectivity index (χ0v) is 12.8. The van der Waals surface area contributed by atoms with E-state index in [1.54, 1.807) is 0 Å². The van der Waals surface area contributed by atoms with Gasteiger partial charge in [-0.3, -0.25) is 0 Å². The normalized spacial score (nSPS) is 12.8. The molecule has 6 nitrogen and oxygen atoms in total. The molecular weight excluding hydrogens is 307 g/mol. The highest BCUT2D eigenvalue weighted by molar-refractivity contribution is 7.88. The van der Waals surface area contributed by atoms with Crippen LogP contribution in [0.1, 0.15) is 5.56 Å². The Morgan fingerprint density at radius 3 is 2.10 bits per heavy atom. The number of hydrogen-bond acceptors (Lipinski definition) is 4. The van der Waals surface area contributed by atoms with Crippen LogP contribution in [0.5, 0.6) is 0 Å². The van der Waals surface area contributed by atoms with Gasteiger partial charge in [-0.2, -0.15) is 4.31 Å². The Morgan fingerprint density at radius 1 is 1.10 bits per heavy atom. The summed E-state index contributed by atoms with van der Waals surface area (Å²) in [5.74, 6) is -0.404. The predicted molar refractivity (Wildman–Crippen MR) is 74.5 cm³/mol. The number of sulfonamides is 2. The van der Waals surface area contributed by atoms with Gasteiger partial charge in [-0.1, -0.05) is 12.1 Å². The average molecular weight is 324 g/mol. The molecule has 1 N–H and O–H groups in total. The van der Waals surface area contributed by atoms with Crippen LogP contribution in [-0.2, 0) is 26.6 Å². The highest BCUT2D eigenvalue weighted by Gasteiger charge is 2.17. The fourth-order valence-electron chi connectivity index (χ4n) is 1.51. The highest BCUT2D eigenvalue weighted by atomic mass is 32.2. The fraction of sp³-hybridized carbons (Fsp3) is 0.455. The monoisotopic (exact) mass is 324 g/mol. The summed E-state index contributed by atoms with van der Waals surface area (Å²) in [7, 11) is -6.85. The minimum atomic E-state index is -3.49. The molecule has 114 valence electrons. The SMILES string of the molecule is CS(=O)(=O)NCCN(Cc1ccc(F)cc1)S(C)(=O)=O. The minimum Gasteiger partial charge on any atom is -0.214 e. The molecule has 0 aliphatic heterocycles. The lowest BCUT2D eigenvalue weighted by Crippen LogP contribution is -2.37. The van der Waals surface area contributed by atoms with Crippen LogP contribution in [0.2, 0.25) is 0 Å². The van der Waals surface area contributed by atoms with E-state index in [0.29, 0.717) is 5.56 Å². The third-order valence-corrected chi connectivity index (χ3v) is 4.44. The van der Waals surface area contributed by atoms with Crippen molar-refractivity contribution in [1.29, 1.82) is 0 Å². The number of rotatable bonds is 7. The van der Waals surface area contributed by atoms with E-state index in [0.717, 1.165) is 16.8 Å². The van der Waals surface area contributed by atoms with Crippen LogP contribution in [0.4, 0.5) is 4.39 Å². The number of nitrogens with zero attached hydrogens (tertiary/aromatic N) is 1. The number of nitrogens with one attached hydrogen (secondary N) is 1. The molecule has 0 aromatic heterocycles. The van der Waals surface area contributed by atoms with Crippen molar-refractivity contribution in [3.63, 3.8) is 0 Å². The molecule has 0 atom stereocenters. The third-order valence-electron chi connectivity index (χ3n) is 2.47. The highest BCUT2D eigenvalue weighted by Crippen LogP contribution is 2.09. The molecule has 0 bridgehead atoms. The van der Waals surface area contributed by atoms with Gasteiger partial charge in [-0.05, 0) is 17.7 Å². The summed E-state index contributed by atoms with van der Waals surface area (Å²) in [6, 6.07) is 5.45. The van der Waals surface area contributed by atoms with E-state index < -0.39 is 25.9 Å². The van der Waals surface area contributed by atoms with Gasteiger partial charge in [0.05, 0.1) is 12.5 Å². The Balaban J connectivity index is 2.73. The van der Waals surface area contributed by atoms with Gasteiger partial charge >= 0.3 is 0 Å². The van der Waals surface area contributed by atoms with Crippen LogP contribution < -0.4 is 4.72 Å².